The van der Waals surface area contributed by atoms with E-state index in [2.05, 4.69) is 10.3 Å². The molecule has 1 aromatic heterocycles. The normalized spacial score (nSPS) is 10.9. The van der Waals surface area contributed by atoms with E-state index in [9.17, 15) is 9.18 Å². The Kier molecular flexibility index (Phi) is 4.56. The minimum Gasteiger partial charge on any atom is -0.436 e. The van der Waals surface area contributed by atoms with Crippen LogP contribution in [0.25, 0.3) is 22.6 Å². The van der Waals surface area contributed by atoms with Crippen molar-refractivity contribution in [2.45, 2.75) is 0 Å². The molecule has 0 unspecified atom stereocenters. The Balaban J connectivity index is 1.65. The highest BCUT2D eigenvalue weighted by Crippen LogP contribution is 2.28. The molecule has 0 aliphatic heterocycles. The molecule has 1 heterocycles. The second-order valence-electron chi connectivity index (χ2n) is 5.76. The largest absolute Gasteiger partial charge is 0.436 e. The van der Waals surface area contributed by atoms with E-state index in [0.717, 1.165) is 5.56 Å². The van der Waals surface area contributed by atoms with Crippen molar-refractivity contribution >= 4 is 45.9 Å². The first-order chi connectivity index (χ1) is 13.0. The van der Waals surface area contributed by atoms with Crippen LogP contribution in [0, 0.1) is 5.82 Å². The lowest BCUT2D eigenvalue weighted by molar-refractivity contribution is 0.102. The lowest BCUT2D eigenvalue weighted by atomic mass is 10.2. The minimum atomic E-state index is -0.689. The topological polar surface area (TPSA) is 55.1 Å². The predicted octanol–water partition coefficient (Wildman–Crippen LogP) is 6.19. The fourth-order valence-corrected chi connectivity index (χ4v) is 3.10. The lowest BCUT2D eigenvalue weighted by Crippen LogP contribution is -2.14. The molecule has 4 nitrogen and oxygen atoms in total. The molecule has 3 aromatic carbocycles. The van der Waals surface area contributed by atoms with Crippen molar-refractivity contribution < 1.29 is 13.6 Å². The third-order valence-electron chi connectivity index (χ3n) is 3.91. The predicted molar refractivity (Wildman–Crippen MR) is 104 cm³/mol. The van der Waals surface area contributed by atoms with Gasteiger partial charge in [-0.05, 0) is 48.5 Å². The first kappa shape index (κ1) is 17.5. The molecule has 0 spiro atoms. The van der Waals surface area contributed by atoms with E-state index < -0.39 is 11.7 Å². The summed E-state index contributed by atoms with van der Waals surface area (Å²) in [6.07, 6.45) is 0. The van der Waals surface area contributed by atoms with Crippen molar-refractivity contribution in [3.05, 3.63) is 82.1 Å². The molecule has 0 aliphatic rings. The van der Waals surface area contributed by atoms with E-state index in [1.807, 2.05) is 6.07 Å². The van der Waals surface area contributed by atoms with Gasteiger partial charge in [-0.3, -0.25) is 4.79 Å². The Bertz CT molecular complexity index is 1150. The number of anilines is 1. The highest BCUT2D eigenvalue weighted by molar-refractivity contribution is 6.34. The number of carbonyl (C=O) groups is 1. The van der Waals surface area contributed by atoms with Crippen molar-refractivity contribution in [1.29, 1.82) is 0 Å². The maximum atomic E-state index is 13.9. The van der Waals surface area contributed by atoms with Crippen LogP contribution in [0.5, 0.6) is 0 Å². The average molecular weight is 401 g/mol. The van der Waals surface area contributed by atoms with Gasteiger partial charge in [0.15, 0.2) is 5.58 Å². The van der Waals surface area contributed by atoms with Crippen LogP contribution in [-0.4, -0.2) is 10.9 Å². The van der Waals surface area contributed by atoms with Crippen LogP contribution in [0.4, 0.5) is 10.1 Å². The van der Waals surface area contributed by atoms with E-state index in [1.165, 1.54) is 18.2 Å². The van der Waals surface area contributed by atoms with Crippen LogP contribution in [-0.2, 0) is 0 Å². The van der Waals surface area contributed by atoms with E-state index in [0.29, 0.717) is 27.7 Å². The fourth-order valence-electron chi connectivity index (χ4n) is 2.66. The molecular weight excluding hydrogens is 390 g/mol. The highest BCUT2D eigenvalue weighted by Gasteiger charge is 2.16. The number of hydrogen-bond acceptors (Lipinski definition) is 3. The molecule has 0 saturated heterocycles. The smallest absolute Gasteiger partial charge is 0.260 e. The van der Waals surface area contributed by atoms with Crippen molar-refractivity contribution in [2.75, 3.05) is 5.32 Å². The summed E-state index contributed by atoms with van der Waals surface area (Å²) in [4.78, 5) is 16.8. The van der Waals surface area contributed by atoms with Crippen LogP contribution in [0.2, 0.25) is 10.0 Å². The van der Waals surface area contributed by atoms with Crippen LogP contribution < -0.4 is 5.32 Å². The standard InChI is InChI=1S/C20H11Cl2FN2O2/c21-12-4-1-3-11(9-12)20-25-16-10-13(7-8-17(16)27-20)24-19(26)18-14(22)5-2-6-15(18)23/h1-10H,(H,24,26). The third kappa shape index (κ3) is 3.52. The number of aromatic nitrogens is 1. The number of carbonyl (C=O) groups excluding carboxylic acids is 1. The average Bonchev–Trinajstić information content (AvgIpc) is 3.05. The van der Waals surface area contributed by atoms with Gasteiger partial charge in [0.2, 0.25) is 5.89 Å². The molecule has 0 radical (unpaired) electrons. The van der Waals surface area contributed by atoms with E-state index in [4.69, 9.17) is 27.6 Å². The summed E-state index contributed by atoms with van der Waals surface area (Å²) in [5, 5.41) is 3.24. The summed E-state index contributed by atoms with van der Waals surface area (Å²) < 4.78 is 19.6. The number of amides is 1. The molecule has 0 fully saturated rings. The first-order valence-electron chi connectivity index (χ1n) is 7.93. The monoisotopic (exact) mass is 400 g/mol. The highest BCUT2D eigenvalue weighted by atomic mass is 35.5. The van der Waals surface area contributed by atoms with Gasteiger partial charge in [0.1, 0.15) is 11.3 Å². The SMILES string of the molecule is O=C(Nc1ccc2oc(-c3cccc(Cl)c3)nc2c1)c1c(F)cccc1Cl. The van der Waals surface area contributed by atoms with E-state index in [-0.39, 0.29) is 10.6 Å². The maximum Gasteiger partial charge on any atom is 0.260 e. The number of oxazole rings is 1. The molecule has 1 N–H and O–H groups in total. The Hall–Kier alpha value is -2.89. The van der Waals surface area contributed by atoms with Crippen LogP contribution >= 0.6 is 23.2 Å². The third-order valence-corrected chi connectivity index (χ3v) is 4.46. The molecule has 0 bridgehead atoms. The number of hydrogen-bond donors (Lipinski definition) is 1. The quantitative estimate of drug-likeness (QED) is 0.445. The molecule has 0 aliphatic carbocycles. The van der Waals surface area contributed by atoms with Gasteiger partial charge in [0.05, 0.1) is 10.6 Å². The Labute approximate surface area is 163 Å². The first-order valence-corrected chi connectivity index (χ1v) is 8.69. The van der Waals surface area contributed by atoms with E-state index in [1.54, 1.807) is 36.4 Å². The number of benzene rings is 3. The second-order valence-corrected chi connectivity index (χ2v) is 6.61. The molecule has 27 heavy (non-hydrogen) atoms. The fraction of sp³-hybridized carbons (Fsp3) is 0. The van der Waals surface area contributed by atoms with Crippen molar-refractivity contribution in [1.82, 2.24) is 4.98 Å². The minimum absolute atomic E-state index is 0.0401. The summed E-state index contributed by atoms with van der Waals surface area (Å²) in [6, 6.07) is 16.2. The number of nitrogens with zero attached hydrogens (tertiary/aromatic N) is 1. The summed E-state index contributed by atoms with van der Waals surface area (Å²) in [5.41, 5.74) is 2.06. The second kappa shape index (κ2) is 7.02. The number of halogens is 3. The molecule has 0 saturated carbocycles. The molecular formula is C20H11Cl2FN2O2. The van der Waals surface area contributed by atoms with Crippen molar-refractivity contribution in [3.63, 3.8) is 0 Å². The Morgan fingerprint density at radius 3 is 2.63 bits per heavy atom. The molecule has 4 rings (SSSR count). The zero-order valence-corrected chi connectivity index (χ0v) is 15.2. The summed E-state index contributed by atoms with van der Waals surface area (Å²) in [7, 11) is 0. The van der Waals surface area contributed by atoms with Gasteiger partial charge in [-0.2, -0.15) is 0 Å². The van der Waals surface area contributed by atoms with Crippen LogP contribution in [0.15, 0.2) is 65.1 Å². The van der Waals surface area contributed by atoms with Gasteiger partial charge in [0, 0.05) is 16.3 Å². The Morgan fingerprint density at radius 2 is 1.85 bits per heavy atom. The molecule has 134 valence electrons. The molecule has 4 aromatic rings. The Morgan fingerprint density at radius 1 is 1.04 bits per heavy atom. The van der Waals surface area contributed by atoms with Crippen molar-refractivity contribution in [2.24, 2.45) is 0 Å². The summed E-state index contributed by atoms with van der Waals surface area (Å²) in [5.74, 6) is -0.921. The van der Waals surface area contributed by atoms with Gasteiger partial charge < -0.3 is 9.73 Å². The van der Waals surface area contributed by atoms with E-state index >= 15 is 0 Å². The number of rotatable bonds is 3. The zero-order chi connectivity index (χ0) is 19.0. The van der Waals surface area contributed by atoms with Crippen LogP contribution in [0.1, 0.15) is 10.4 Å². The van der Waals surface area contributed by atoms with Gasteiger partial charge in [-0.25, -0.2) is 9.37 Å². The number of fused-ring (bicyclic) bond motifs is 1. The number of nitrogens with one attached hydrogen (secondary N) is 1. The molecule has 7 heteroatoms. The maximum absolute atomic E-state index is 13.9. The summed E-state index contributed by atoms with van der Waals surface area (Å²) in [6.45, 7) is 0. The van der Waals surface area contributed by atoms with Crippen molar-refractivity contribution in [3.8, 4) is 11.5 Å². The van der Waals surface area contributed by atoms with Gasteiger partial charge in [0.25, 0.3) is 5.91 Å². The molecule has 0 atom stereocenters. The lowest BCUT2D eigenvalue weighted by Gasteiger charge is -2.07. The van der Waals surface area contributed by atoms with Gasteiger partial charge in [-0.1, -0.05) is 35.3 Å². The summed E-state index contributed by atoms with van der Waals surface area (Å²) >= 11 is 11.9. The van der Waals surface area contributed by atoms with Crippen LogP contribution in [0.3, 0.4) is 0 Å². The van der Waals surface area contributed by atoms with Gasteiger partial charge >= 0.3 is 0 Å². The van der Waals surface area contributed by atoms with Gasteiger partial charge in [-0.15, -0.1) is 0 Å². The molecule has 1 amide bonds. The zero-order valence-electron chi connectivity index (χ0n) is 13.7.